The molecule has 0 unspecified atom stereocenters. The zero-order chi connectivity index (χ0) is 5.11. The molecule has 0 saturated carbocycles. The molecule has 1 aliphatic rings. The minimum absolute atomic E-state index is 0.367. The van der Waals surface area contributed by atoms with E-state index >= 15 is 0 Å². The Bertz CT molecular complexity index is 89.7. The molecule has 2 N–H and O–H groups in total. The summed E-state index contributed by atoms with van der Waals surface area (Å²) in [7, 11) is 0. The Morgan fingerprint density at radius 2 is 2.57 bits per heavy atom. The summed E-state index contributed by atoms with van der Waals surface area (Å²) in [6, 6.07) is 0. The zero-order valence-corrected chi connectivity index (χ0v) is 3.89. The van der Waals surface area contributed by atoms with Crippen molar-refractivity contribution in [2.45, 2.75) is 6.42 Å². The van der Waals surface area contributed by atoms with E-state index in [9.17, 15) is 0 Å². The zero-order valence-electron chi connectivity index (χ0n) is 3.89. The molecule has 1 aliphatic heterocycles. The van der Waals surface area contributed by atoms with Gasteiger partial charge in [0.1, 0.15) is 0 Å². The first-order chi connectivity index (χ1) is 3.39. The van der Waals surface area contributed by atoms with Gasteiger partial charge in [0.15, 0.2) is 0 Å². The van der Waals surface area contributed by atoms with Gasteiger partial charge in [0.2, 0.25) is 5.88 Å². The summed E-state index contributed by atoms with van der Waals surface area (Å²) in [6.45, 7) is 0.612. The summed E-state index contributed by atoms with van der Waals surface area (Å²) >= 11 is 0. The van der Waals surface area contributed by atoms with Crippen LogP contribution in [-0.4, -0.2) is 6.61 Å². The van der Waals surface area contributed by atoms with Crippen LogP contribution in [0.5, 0.6) is 0 Å². The Balaban J connectivity index is 2.40. The highest BCUT2D eigenvalue weighted by atomic mass is 17.2. The highest BCUT2D eigenvalue weighted by Gasteiger charge is 1.97. The van der Waals surface area contributed by atoms with Crippen LogP contribution in [0.15, 0.2) is 12.0 Å². The lowest BCUT2D eigenvalue weighted by Crippen LogP contribution is -2.09. The number of hydrogen-bond donors (Lipinski definition) is 1. The van der Waals surface area contributed by atoms with Gasteiger partial charge in [-0.1, -0.05) is 0 Å². The lowest BCUT2D eigenvalue weighted by Gasteiger charge is -2.07. The molecule has 1 heterocycles. The first kappa shape index (κ1) is 4.46. The van der Waals surface area contributed by atoms with Crippen LogP contribution in [0, 0.1) is 0 Å². The van der Waals surface area contributed by atoms with Gasteiger partial charge in [-0.25, -0.2) is 0 Å². The summed E-state index contributed by atoms with van der Waals surface area (Å²) in [5, 5.41) is 0. The summed E-state index contributed by atoms with van der Waals surface area (Å²) in [6.07, 6.45) is 2.63. The maximum absolute atomic E-state index is 5.15. The van der Waals surface area contributed by atoms with Crippen LogP contribution >= 0.6 is 0 Å². The van der Waals surface area contributed by atoms with Gasteiger partial charge in [0.25, 0.3) is 0 Å². The standard InChI is InChI=1S/C4H7NO2/c5-4-2-1-3-6-7-4/h2H,1,3,5H2. The molecule has 3 heteroatoms. The highest BCUT2D eigenvalue weighted by Crippen LogP contribution is 1.99. The normalized spacial score (nSPS) is 20.3. The summed E-state index contributed by atoms with van der Waals surface area (Å²) in [5.74, 6) is 0.367. The molecule has 0 amide bonds. The first-order valence-electron chi connectivity index (χ1n) is 2.15. The van der Waals surface area contributed by atoms with Crippen molar-refractivity contribution in [1.29, 1.82) is 0 Å². The quantitative estimate of drug-likeness (QED) is 0.441. The molecule has 7 heavy (non-hydrogen) atoms. The second-order valence-corrected chi connectivity index (χ2v) is 1.30. The van der Waals surface area contributed by atoms with Gasteiger partial charge in [0.05, 0.1) is 6.61 Å². The van der Waals surface area contributed by atoms with Gasteiger partial charge in [0, 0.05) is 0 Å². The third-order valence-electron chi connectivity index (χ3n) is 0.702. The number of rotatable bonds is 0. The van der Waals surface area contributed by atoms with Crippen LogP contribution < -0.4 is 5.73 Å². The van der Waals surface area contributed by atoms with E-state index in [0.717, 1.165) is 6.42 Å². The van der Waals surface area contributed by atoms with Gasteiger partial charge >= 0.3 is 0 Å². The van der Waals surface area contributed by atoms with Crippen molar-refractivity contribution in [3.63, 3.8) is 0 Å². The maximum Gasteiger partial charge on any atom is 0.223 e. The Labute approximate surface area is 41.6 Å². The number of hydrogen-bond acceptors (Lipinski definition) is 3. The molecule has 0 saturated heterocycles. The average Bonchev–Trinajstić information content (AvgIpc) is 1.69. The van der Waals surface area contributed by atoms with Crippen LogP contribution in [0.4, 0.5) is 0 Å². The fourth-order valence-electron chi connectivity index (χ4n) is 0.393. The lowest BCUT2D eigenvalue weighted by atomic mass is 10.4. The van der Waals surface area contributed by atoms with E-state index in [2.05, 4.69) is 9.78 Å². The van der Waals surface area contributed by atoms with E-state index in [4.69, 9.17) is 5.73 Å². The molecule has 1 rings (SSSR count). The van der Waals surface area contributed by atoms with E-state index < -0.39 is 0 Å². The predicted octanol–water partition coefficient (Wildman–Crippen LogP) is 0.138. The molecule has 0 aromatic heterocycles. The van der Waals surface area contributed by atoms with Crippen molar-refractivity contribution in [1.82, 2.24) is 0 Å². The molecule has 3 nitrogen and oxygen atoms in total. The predicted molar refractivity (Wildman–Crippen MR) is 23.9 cm³/mol. The SMILES string of the molecule is NC1=CCCOO1. The van der Waals surface area contributed by atoms with Crippen LogP contribution in [0.2, 0.25) is 0 Å². The Kier molecular flexibility index (Phi) is 1.17. The highest BCUT2D eigenvalue weighted by molar-refractivity contribution is 4.86. The lowest BCUT2D eigenvalue weighted by molar-refractivity contribution is -0.269. The Hall–Kier alpha value is -0.700. The van der Waals surface area contributed by atoms with E-state index in [-0.39, 0.29) is 0 Å². The van der Waals surface area contributed by atoms with E-state index in [1.54, 1.807) is 6.08 Å². The van der Waals surface area contributed by atoms with Crippen molar-refractivity contribution in [3.8, 4) is 0 Å². The minimum Gasteiger partial charge on any atom is -0.367 e. The molecule has 0 aromatic carbocycles. The van der Waals surface area contributed by atoms with Crippen molar-refractivity contribution >= 4 is 0 Å². The van der Waals surface area contributed by atoms with Gasteiger partial charge in [-0.2, -0.15) is 4.89 Å². The molecule has 0 radical (unpaired) electrons. The minimum atomic E-state index is 0.367. The van der Waals surface area contributed by atoms with Crippen LogP contribution in [-0.2, 0) is 9.78 Å². The molecule has 0 spiro atoms. The molecule has 0 aliphatic carbocycles. The Morgan fingerprint density at radius 1 is 1.71 bits per heavy atom. The third kappa shape index (κ3) is 1.08. The smallest absolute Gasteiger partial charge is 0.223 e. The molecular weight excluding hydrogens is 94.0 g/mol. The van der Waals surface area contributed by atoms with Crippen LogP contribution in [0.25, 0.3) is 0 Å². The molecular formula is C4H7NO2. The van der Waals surface area contributed by atoms with E-state index in [0.29, 0.717) is 12.5 Å². The van der Waals surface area contributed by atoms with Gasteiger partial charge in [-0.3, -0.25) is 0 Å². The largest absolute Gasteiger partial charge is 0.367 e. The average molecular weight is 101 g/mol. The summed E-state index contributed by atoms with van der Waals surface area (Å²) < 4.78 is 0. The second kappa shape index (κ2) is 1.84. The van der Waals surface area contributed by atoms with Crippen molar-refractivity contribution in [2.24, 2.45) is 5.73 Å². The summed E-state index contributed by atoms with van der Waals surface area (Å²) in [5.41, 5.74) is 5.15. The van der Waals surface area contributed by atoms with Crippen LogP contribution in [0.3, 0.4) is 0 Å². The second-order valence-electron chi connectivity index (χ2n) is 1.30. The molecule has 0 atom stereocenters. The fourth-order valence-corrected chi connectivity index (χ4v) is 0.393. The molecule has 0 aromatic rings. The topological polar surface area (TPSA) is 44.5 Å². The van der Waals surface area contributed by atoms with Crippen molar-refractivity contribution in [2.75, 3.05) is 6.61 Å². The van der Waals surface area contributed by atoms with Gasteiger partial charge in [-0.15, -0.1) is 0 Å². The summed E-state index contributed by atoms with van der Waals surface area (Å²) in [4.78, 5) is 8.91. The number of nitrogens with two attached hydrogens (primary N) is 1. The first-order valence-corrected chi connectivity index (χ1v) is 2.15. The maximum atomic E-state index is 5.15. The van der Waals surface area contributed by atoms with Crippen molar-refractivity contribution in [3.05, 3.63) is 12.0 Å². The third-order valence-corrected chi connectivity index (χ3v) is 0.702. The van der Waals surface area contributed by atoms with E-state index in [1.807, 2.05) is 0 Å². The molecule has 0 bridgehead atoms. The van der Waals surface area contributed by atoms with Gasteiger partial charge in [-0.05, 0) is 12.5 Å². The van der Waals surface area contributed by atoms with Crippen LogP contribution in [0.1, 0.15) is 6.42 Å². The molecule has 40 valence electrons. The van der Waals surface area contributed by atoms with Gasteiger partial charge < -0.3 is 10.6 Å². The van der Waals surface area contributed by atoms with Crippen molar-refractivity contribution < 1.29 is 9.78 Å². The monoisotopic (exact) mass is 101 g/mol. The van der Waals surface area contributed by atoms with E-state index in [1.165, 1.54) is 0 Å². The Morgan fingerprint density at radius 3 is 2.86 bits per heavy atom. The molecule has 0 fully saturated rings. The fraction of sp³-hybridized carbons (Fsp3) is 0.500.